The number of aromatic nitrogens is 8. The fourth-order valence-electron chi connectivity index (χ4n) is 4.99. The number of nitrogens with zero attached hydrogens (tertiary/aromatic N) is 6. The van der Waals surface area contributed by atoms with Gasteiger partial charge in [0.1, 0.15) is 30.6 Å². The van der Waals surface area contributed by atoms with E-state index >= 15 is 8.78 Å². The summed E-state index contributed by atoms with van der Waals surface area (Å²) < 4.78 is 72.4. The van der Waals surface area contributed by atoms with Gasteiger partial charge in [-0.25, -0.2) is 23.7 Å². The molecule has 6 rings (SSSR count). The van der Waals surface area contributed by atoms with Crippen molar-refractivity contribution in [2.75, 3.05) is 18.9 Å². The summed E-state index contributed by atoms with van der Waals surface area (Å²) in [7, 11) is -2.67. The van der Waals surface area contributed by atoms with Crippen molar-refractivity contribution in [3.8, 4) is 0 Å². The Balaban J connectivity index is 1.23. The molecule has 2 unspecified atom stereocenters. The lowest BCUT2D eigenvalue weighted by molar-refractivity contribution is -0.0539. The summed E-state index contributed by atoms with van der Waals surface area (Å²) in [5.74, 6) is -0.275. The van der Waals surface area contributed by atoms with E-state index < -0.39 is 87.5 Å². The maximum Gasteiger partial charge on any atom is 0.582 e. The molecule has 2 aliphatic rings. The summed E-state index contributed by atoms with van der Waals surface area (Å²) in [5.41, 5.74) is 3.95. The smallest absolute Gasteiger partial charge is 0.394 e. The minimum absolute atomic E-state index is 0.0254. The second-order valence-electron chi connectivity index (χ2n) is 9.67. The van der Waals surface area contributed by atoms with Gasteiger partial charge in [-0.2, -0.15) is 4.98 Å². The van der Waals surface area contributed by atoms with E-state index in [1.165, 1.54) is 0 Å². The van der Waals surface area contributed by atoms with Crippen LogP contribution in [0.5, 0.6) is 0 Å². The number of halogens is 2. The second kappa shape index (κ2) is 12.4. The first-order chi connectivity index (χ1) is 21.4. The van der Waals surface area contributed by atoms with Crippen molar-refractivity contribution in [1.82, 2.24) is 39.0 Å². The third kappa shape index (κ3) is 6.05. The molecule has 45 heavy (non-hydrogen) atoms. The molecule has 0 spiro atoms. The number of nitrogens with one attached hydrogen (secondary N) is 2. The molecule has 0 amide bonds. The predicted molar refractivity (Wildman–Crippen MR) is 154 cm³/mol. The Morgan fingerprint density at radius 1 is 1.07 bits per heavy atom. The molecular weight excluding hydrogens is 690 g/mol. The molecule has 0 bridgehead atoms. The van der Waals surface area contributed by atoms with Crippen LogP contribution < -0.4 is 16.9 Å². The minimum atomic E-state index is -4.44. The fraction of sp³-hybridized carbons (Fsp3) is 0.500. The third-order valence-corrected chi connectivity index (χ3v) is 9.21. The van der Waals surface area contributed by atoms with Crippen LogP contribution in [-0.4, -0.2) is 99.0 Å². The third-order valence-electron chi connectivity index (χ3n) is 6.94. The van der Waals surface area contributed by atoms with Crippen LogP contribution in [0.2, 0.25) is 0 Å². The molecule has 2 saturated heterocycles. The van der Waals surface area contributed by atoms with Crippen molar-refractivity contribution in [2.24, 2.45) is 0 Å². The Hall–Kier alpha value is -2.82. The molecule has 0 radical (unpaired) electrons. The summed E-state index contributed by atoms with van der Waals surface area (Å²) in [6.07, 6.45) is -9.97. The van der Waals surface area contributed by atoms with Crippen molar-refractivity contribution in [3.63, 3.8) is 0 Å². The molecule has 6 N–H and O–H groups in total. The van der Waals surface area contributed by atoms with Gasteiger partial charge in [0.2, 0.25) is 5.95 Å². The van der Waals surface area contributed by atoms with Gasteiger partial charge in [0.25, 0.3) is 11.1 Å². The Kier molecular flexibility index (Phi) is 8.86. The van der Waals surface area contributed by atoms with Gasteiger partial charge < -0.3 is 34.7 Å². The highest BCUT2D eigenvalue weighted by Gasteiger charge is 2.53. The molecule has 0 aliphatic carbocycles. The summed E-state index contributed by atoms with van der Waals surface area (Å²) >= 11 is 8.78. The van der Waals surface area contributed by atoms with Gasteiger partial charge in [-0.15, -0.1) is 4.52 Å². The molecule has 10 atom stereocenters. The molecule has 0 saturated carbocycles. The van der Waals surface area contributed by atoms with Crippen LogP contribution in [0.4, 0.5) is 14.7 Å². The number of H-pyrrole nitrogens is 2. The molecule has 2 fully saturated rings. The zero-order chi connectivity index (χ0) is 32.2. The van der Waals surface area contributed by atoms with Crippen LogP contribution >= 0.6 is 26.2 Å². The number of aliphatic hydroxyl groups excluding tert-OH is 1. The highest BCUT2D eigenvalue weighted by molar-refractivity contribution is 8.39. The van der Waals surface area contributed by atoms with Gasteiger partial charge in [0.05, 0.1) is 32.2 Å². The van der Waals surface area contributed by atoms with Gasteiger partial charge in [0.15, 0.2) is 53.2 Å². The van der Waals surface area contributed by atoms with E-state index in [-0.39, 0.29) is 28.3 Å². The van der Waals surface area contributed by atoms with Crippen molar-refractivity contribution in [2.45, 2.75) is 49.2 Å². The SMILES string of the molecule is Nc1nc2c(ncn2[C@@H]2O[C@H](CO)[C@H](F)[C@H]2OP(O)(=S)OC[C@H]2O[C@@H](n3cnc4c(=O)[nH]cnc43)[C@@H](F)[C@@H]2O[P+](=O)S)c(=O)[nH]1. The van der Waals surface area contributed by atoms with Gasteiger partial charge in [0, 0.05) is 0 Å². The van der Waals surface area contributed by atoms with Crippen LogP contribution in [-0.2, 0) is 39.4 Å². The van der Waals surface area contributed by atoms with Crippen LogP contribution in [0, 0.1) is 0 Å². The molecule has 242 valence electrons. The predicted octanol–water partition coefficient (Wildman–Crippen LogP) is -0.111. The first kappa shape index (κ1) is 32.1. The van der Waals surface area contributed by atoms with Crippen molar-refractivity contribution in [3.05, 3.63) is 39.7 Å². The average molecular weight is 713 g/mol. The number of aliphatic hydroxyl groups is 1. The van der Waals surface area contributed by atoms with Crippen LogP contribution in [0.15, 0.2) is 28.6 Å². The number of imidazole rings is 2. The average Bonchev–Trinajstić information content (AvgIpc) is 3.73. The largest absolute Gasteiger partial charge is 0.582 e. The highest BCUT2D eigenvalue weighted by atomic mass is 32.7. The number of thiol groups is 1. The van der Waals surface area contributed by atoms with E-state index in [0.717, 1.165) is 28.1 Å². The first-order valence-electron chi connectivity index (χ1n) is 12.7. The lowest BCUT2D eigenvalue weighted by Gasteiger charge is -2.26. The number of alkyl halides is 2. The second-order valence-corrected chi connectivity index (χ2v) is 14.1. The van der Waals surface area contributed by atoms with Gasteiger partial charge in [-0.3, -0.25) is 28.2 Å². The van der Waals surface area contributed by atoms with Crippen molar-refractivity contribution < 1.29 is 46.4 Å². The van der Waals surface area contributed by atoms with Crippen molar-refractivity contribution in [1.29, 1.82) is 0 Å². The molecule has 0 aromatic carbocycles. The van der Waals surface area contributed by atoms with E-state index in [1.54, 1.807) is 0 Å². The van der Waals surface area contributed by atoms with E-state index in [1.807, 2.05) is 0 Å². The zero-order valence-electron chi connectivity index (χ0n) is 22.2. The quantitative estimate of drug-likeness (QED) is 0.0926. The van der Waals surface area contributed by atoms with E-state index in [2.05, 4.69) is 42.2 Å². The van der Waals surface area contributed by atoms with E-state index in [9.17, 15) is 24.2 Å². The van der Waals surface area contributed by atoms with Crippen LogP contribution in [0.25, 0.3) is 22.3 Å². The highest BCUT2D eigenvalue weighted by Crippen LogP contribution is 2.51. The minimum Gasteiger partial charge on any atom is -0.394 e. The number of fused-ring (bicyclic) bond motifs is 2. The number of nitrogen functional groups attached to an aromatic ring is 1. The van der Waals surface area contributed by atoms with Gasteiger partial charge >= 0.3 is 13.9 Å². The van der Waals surface area contributed by atoms with Gasteiger partial charge in [-0.05, 0) is 16.4 Å². The molecule has 19 nitrogen and oxygen atoms in total. The molecular formula is C20H22F2N9O10P2S2+. The summed E-state index contributed by atoms with van der Waals surface area (Å²) in [4.78, 5) is 55.6. The number of hydrogen-bond acceptors (Lipinski definition) is 15. The summed E-state index contributed by atoms with van der Waals surface area (Å²) in [6.45, 7) is -5.95. The van der Waals surface area contributed by atoms with E-state index in [4.69, 9.17) is 40.6 Å². The molecule has 4 aromatic heterocycles. The number of anilines is 1. The summed E-state index contributed by atoms with van der Waals surface area (Å²) in [5, 5.41) is 9.65. The Morgan fingerprint density at radius 2 is 1.73 bits per heavy atom. The molecule has 25 heteroatoms. The topological polar surface area (TPSA) is 257 Å². The Labute approximate surface area is 259 Å². The standard InChI is InChI=1S/C20H21F2N9O10P2S2/c21-8-6(1-32)38-19(31-5-27-11-15(31)28-20(23)29-17(11)34)13(8)41-43(36,45)37-2-7-12(40-42(35)44)9(22)18(39-7)30-4-26-10-14(30)24-3-25-16(10)33/h3-9,12-13,18-19,32H,1-2H2,(H5-,23,24,25,28,29,33,34,35,36,44,45)/p+1/t6-,7-,8+,9+,12-,13-,18-,19-,43?/m1/s1. The maximum atomic E-state index is 15.6. The first-order valence-corrected chi connectivity index (χ1v) is 17.6. The molecule has 4 aromatic rings. The lowest BCUT2D eigenvalue weighted by atomic mass is 10.1. The monoisotopic (exact) mass is 712 g/mol. The van der Waals surface area contributed by atoms with Crippen molar-refractivity contribution >= 4 is 66.3 Å². The number of nitrogens with two attached hydrogens (primary N) is 1. The number of rotatable bonds is 10. The Bertz CT molecular complexity index is 1930. The Morgan fingerprint density at radius 3 is 2.42 bits per heavy atom. The number of aromatic amines is 2. The van der Waals surface area contributed by atoms with Gasteiger partial charge in [-0.1, -0.05) is 0 Å². The number of ether oxygens (including phenoxy) is 2. The summed E-state index contributed by atoms with van der Waals surface area (Å²) in [6, 6.07) is 0. The number of hydrogen-bond donors (Lipinski definition) is 6. The fourth-order valence-corrected chi connectivity index (χ4v) is 7.18. The van der Waals surface area contributed by atoms with Crippen LogP contribution in [0.1, 0.15) is 12.5 Å². The molecule has 2 aliphatic heterocycles. The lowest BCUT2D eigenvalue weighted by Crippen LogP contribution is -2.34. The zero-order valence-corrected chi connectivity index (χ0v) is 25.7. The maximum absolute atomic E-state index is 15.6. The molecule has 6 heterocycles. The van der Waals surface area contributed by atoms with E-state index in [0.29, 0.717) is 0 Å². The van der Waals surface area contributed by atoms with Crippen LogP contribution in [0.3, 0.4) is 0 Å². The normalized spacial score (nSPS) is 30.3.